The Morgan fingerprint density at radius 2 is 1.80 bits per heavy atom. The topological polar surface area (TPSA) is 71.7 Å². The third-order valence-electron chi connectivity index (χ3n) is 6.01. The molecule has 7 nitrogen and oxygen atoms in total. The summed E-state index contributed by atoms with van der Waals surface area (Å²) in [5, 5.41) is 4.24. The number of nitrogens with zero attached hydrogens (tertiary/aromatic N) is 4. The lowest BCUT2D eigenvalue weighted by atomic mass is 9.77. The van der Waals surface area contributed by atoms with Crippen LogP contribution < -0.4 is 4.74 Å². The summed E-state index contributed by atoms with van der Waals surface area (Å²) in [6.45, 7) is 2.48. The van der Waals surface area contributed by atoms with Crippen LogP contribution in [0.15, 0.2) is 65.2 Å². The fourth-order valence-electron chi connectivity index (χ4n) is 4.55. The van der Waals surface area contributed by atoms with Crippen molar-refractivity contribution in [1.82, 2.24) is 19.9 Å². The van der Waals surface area contributed by atoms with Crippen LogP contribution in [0, 0.1) is 5.41 Å². The summed E-state index contributed by atoms with van der Waals surface area (Å²) >= 11 is 0. The van der Waals surface area contributed by atoms with E-state index >= 15 is 0 Å². The van der Waals surface area contributed by atoms with Crippen molar-refractivity contribution in [3.8, 4) is 17.2 Å². The fraction of sp³-hybridized carbons (Fsp3) is 0.348. The first-order valence-electron chi connectivity index (χ1n) is 10.2. The number of rotatable bonds is 5. The molecule has 5 rings (SSSR count). The zero-order valence-corrected chi connectivity index (χ0v) is 16.9. The van der Waals surface area contributed by atoms with Gasteiger partial charge in [-0.25, -0.2) is 0 Å². The molecule has 2 aliphatic rings. The number of benzene rings is 2. The van der Waals surface area contributed by atoms with Gasteiger partial charge in [-0.3, -0.25) is 9.69 Å². The number of aromatic nitrogens is 2. The molecule has 30 heavy (non-hydrogen) atoms. The Balaban J connectivity index is 1.19. The molecule has 0 N–H and O–H groups in total. The molecule has 2 aromatic carbocycles. The summed E-state index contributed by atoms with van der Waals surface area (Å²) in [5.74, 6) is 2.00. The molecule has 0 saturated carbocycles. The summed E-state index contributed by atoms with van der Waals surface area (Å²) in [7, 11) is 2.08. The van der Waals surface area contributed by atoms with Gasteiger partial charge < -0.3 is 14.2 Å². The highest BCUT2D eigenvalue weighted by molar-refractivity contribution is 5.78. The number of carbonyl (C=O) groups excluding carboxylic acids is 1. The molecule has 2 aliphatic heterocycles. The standard InChI is InChI=1S/C23H24N4O3/c1-26-14-23(15-27(16-23)20(28)13-29-18-10-6-3-7-11-18)12-19(26)21-24-22(30-25-21)17-8-4-2-5-9-17/h2-11,19H,12-16H2,1H3. The van der Waals surface area contributed by atoms with E-state index in [1.165, 1.54) is 0 Å². The number of ether oxygens (including phenoxy) is 1. The molecule has 1 amide bonds. The molecular weight excluding hydrogens is 380 g/mol. The minimum atomic E-state index is 0.0292. The van der Waals surface area contributed by atoms with E-state index in [1.54, 1.807) is 0 Å². The number of hydrogen-bond donors (Lipinski definition) is 0. The largest absolute Gasteiger partial charge is 0.484 e. The van der Waals surface area contributed by atoms with Gasteiger partial charge in [0.25, 0.3) is 11.8 Å². The molecule has 0 aliphatic carbocycles. The first-order chi connectivity index (χ1) is 14.6. The van der Waals surface area contributed by atoms with Crippen LogP contribution in [0.2, 0.25) is 0 Å². The minimum Gasteiger partial charge on any atom is -0.484 e. The highest BCUT2D eigenvalue weighted by atomic mass is 16.5. The highest BCUT2D eigenvalue weighted by Crippen LogP contribution is 2.47. The molecule has 1 unspecified atom stereocenters. The van der Waals surface area contributed by atoms with Crippen LogP contribution in [0.5, 0.6) is 5.75 Å². The van der Waals surface area contributed by atoms with Gasteiger partial charge in [0.05, 0.1) is 6.04 Å². The quantitative estimate of drug-likeness (QED) is 0.651. The van der Waals surface area contributed by atoms with E-state index in [0.717, 1.165) is 31.6 Å². The Bertz CT molecular complexity index is 1020. The van der Waals surface area contributed by atoms with Crippen molar-refractivity contribution in [3.05, 3.63) is 66.5 Å². The molecule has 1 spiro atoms. The zero-order chi connectivity index (χ0) is 20.6. The third-order valence-corrected chi connectivity index (χ3v) is 6.01. The predicted octanol–water partition coefficient (Wildman–Crippen LogP) is 3.02. The van der Waals surface area contributed by atoms with E-state index in [4.69, 9.17) is 9.26 Å². The smallest absolute Gasteiger partial charge is 0.260 e. The van der Waals surface area contributed by atoms with Crippen LogP contribution in [-0.4, -0.2) is 59.1 Å². The van der Waals surface area contributed by atoms with Crippen LogP contribution in [0.4, 0.5) is 0 Å². The number of likely N-dealkylation sites (tertiary alicyclic amines) is 2. The average Bonchev–Trinajstić information content (AvgIpc) is 3.37. The van der Waals surface area contributed by atoms with E-state index < -0.39 is 0 Å². The predicted molar refractivity (Wildman–Crippen MR) is 111 cm³/mol. The van der Waals surface area contributed by atoms with Gasteiger partial charge in [0.15, 0.2) is 12.4 Å². The summed E-state index contributed by atoms with van der Waals surface area (Å²) in [6.07, 6.45) is 0.917. The van der Waals surface area contributed by atoms with E-state index in [0.29, 0.717) is 17.5 Å². The average molecular weight is 404 g/mol. The lowest BCUT2D eigenvalue weighted by Crippen LogP contribution is -2.60. The van der Waals surface area contributed by atoms with Crippen LogP contribution in [0.3, 0.4) is 0 Å². The van der Waals surface area contributed by atoms with Crippen molar-refractivity contribution < 1.29 is 14.1 Å². The highest BCUT2D eigenvalue weighted by Gasteiger charge is 2.53. The van der Waals surface area contributed by atoms with Gasteiger partial charge in [0.1, 0.15) is 5.75 Å². The summed E-state index contributed by atoms with van der Waals surface area (Å²) in [4.78, 5) is 21.3. The van der Waals surface area contributed by atoms with Gasteiger partial charge in [-0.1, -0.05) is 41.6 Å². The molecule has 0 bridgehead atoms. The Hall–Kier alpha value is -3.19. The molecule has 2 fully saturated rings. The molecule has 3 heterocycles. The number of carbonyl (C=O) groups is 1. The Morgan fingerprint density at radius 3 is 2.53 bits per heavy atom. The van der Waals surface area contributed by atoms with Crippen molar-refractivity contribution in [1.29, 1.82) is 0 Å². The number of para-hydroxylation sites is 1. The molecule has 1 aromatic heterocycles. The van der Waals surface area contributed by atoms with E-state index in [2.05, 4.69) is 22.1 Å². The Kier molecular flexibility index (Phi) is 4.75. The van der Waals surface area contributed by atoms with E-state index in [-0.39, 0.29) is 24.0 Å². The maximum Gasteiger partial charge on any atom is 0.260 e. The Morgan fingerprint density at radius 1 is 1.10 bits per heavy atom. The third kappa shape index (κ3) is 3.57. The molecule has 1 atom stereocenters. The van der Waals surface area contributed by atoms with Gasteiger partial charge in [0.2, 0.25) is 0 Å². The molecule has 2 saturated heterocycles. The van der Waals surface area contributed by atoms with Crippen molar-refractivity contribution in [2.24, 2.45) is 5.41 Å². The van der Waals surface area contributed by atoms with Gasteiger partial charge in [-0.15, -0.1) is 0 Å². The lowest BCUT2D eigenvalue weighted by molar-refractivity contribution is -0.144. The number of hydrogen-bond acceptors (Lipinski definition) is 6. The maximum atomic E-state index is 12.5. The Labute approximate surface area is 175 Å². The first-order valence-corrected chi connectivity index (χ1v) is 10.2. The second-order valence-corrected chi connectivity index (χ2v) is 8.31. The number of amides is 1. The first kappa shape index (κ1) is 18.8. The van der Waals surface area contributed by atoms with Crippen LogP contribution >= 0.6 is 0 Å². The maximum absolute atomic E-state index is 12.5. The SMILES string of the molecule is CN1CC2(CC1c1noc(-c3ccccc3)n1)CN(C(=O)COc1ccccc1)C2. The summed E-state index contributed by atoms with van der Waals surface area (Å²) in [5.41, 5.74) is 1.01. The van der Waals surface area contributed by atoms with Crippen molar-refractivity contribution in [3.63, 3.8) is 0 Å². The van der Waals surface area contributed by atoms with Crippen LogP contribution in [0.1, 0.15) is 18.3 Å². The van der Waals surface area contributed by atoms with Crippen molar-refractivity contribution in [2.75, 3.05) is 33.3 Å². The lowest BCUT2D eigenvalue weighted by Gasteiger charge is -2.48. The van der Waals surface area contributed by atoms with E-state index in [9.17, 15) is 4.79 Å². The zero-order valence-electron chi connectivity index (χ0n) is 16.9. The molecular formula is C23H24N4O3. The fourth-order valence-corrected chi connectivity index (χ4v) is 4.55. The second-order valence-electron chi connectivity index (χ2n) is 8.31. The van der Waals surface area contributed by atoms with E-state index in [1.807, 2.05) is 65.6 Å². The molecule has 3 aromatic rings. The minimum absolute atomic E-state index is 0.0292. The van der Waals surface area contributed by atoms with Crippen LogP contribution in [0.25, 0.3) is 11.5 Å². The molecule has 0 radical (unpaired) electrons. The second kappa shape index (κ2) is 7.57. The monoisotopic (exact) mass is 404 g/mol. The normalized spacial score (nSPS) is 20.3. The van der Waals surface area contributed by atoms with Crippen molar-refractivity contribution in [2.45, 2.75) is 12.5 Å². The molecule has 154 valence electrons. The van der Waals surface area contributed by atoms with Crippen LogP contribution in [-0.2, 0) is 4.79 Å². The summed E-state index contributed by atoms with van der Waals surface area (Å²) < 4.78 is 11.1. The van der Waals surface area contributed by atoms with Crippen molar-refractivity contribution >= 4 is 5.91 Å². The summed E-state index contributed by atoms with van der Waals surface area (Å²) in [6, 6.07) is 19.3. The van der Waals surface area contributed by atoms with Gasteiger partial charge in [0, 0.05) is 30.6 Å². The van der Waals surface area contributed by atoms with Gasteiger partial charge >= 0.3 is 0 Å². The van der Waals surface area contributed by atoms with Gasteiger partial charge in [-0.05, 0) is 37.7 Å². The van der Waals surface area contributed by atoms with Gasteiger partial charge in [-0.2, -0.15) is 4.98 Å². The molecule has 7 heteroatoms.